The van der Waals surface area contributed by atoms with Gasteiger partial charge in [0, 0.05) is 31.6 Å². The molecule has 4 fully saturated rings. The normalized spacial score (nSPS) is 38.2. The highest BCUT2D eigenvalue weighted by Gasteiger charge is 3.08. The Morgan fingerprint density at radius 3 is 1.71 bits per heavy atom. The first kappa shape index (κ1) is 27.1. The van der Waals surface area contributed by atoms with Gasteiger partial charge < -0.3 is 9.47 Å². The Morgan fingerprint density at radius 2 is 1.26 bits per heavy atom. The fourth-order valence-electron chi connectivity index (χ4n) is 8.60. The SMILES string of the molecule is COc1ccc(C#CP2[C@]3(C(C)(C)C)[C@@H]4P3[C@H](C(C)(C)C)P3[C@]2(C(C)(C)C)[C@]43c2ccc(OC)cc2)cc1. The molecule has 4 aliphatic heterocycles. The lowest BCUT2D eigenvalue weighted by Gasteiger charge is -2.51. The van der Waals surface area contributed by atoms with Crippen molar-refractivity contribution in [2.75, 3.05) is 14.2 Å². The predicted molar refractivity (Wildman–Crippen MR) is 167 cm³/mol. The molecule has 0 aromatic heterocycles. The van der Waals surface area contributed by atoms with Gasteiger partial charge in [-0.1, -0.05) is 102 Å². The molecule has 0 saturated carbocycles. The summed E-state index contributed by atoms with van der Waals surface area (Å²) in [7, 11) is 2.70. The molecule has 38 heavy (non-hydrogen) atoms. The van der Waals surface area contributed by atoms with Crippen molar-refractivity contribution in [3.63, 3.8) is 0 Å². The molecule has 202 valence electrons. The summed E-state index contributed by atoms with van der Waals surface area (Å²) in [6.45, 7) is 22.9. The van der Waals surface area contributed by atoms with Crippen LogP contribution in [0.4, 0.5) is 0 Å². The van der Waals surface area contributed by atoms with Gasteiger partial charge in [-0.25, -0.2) is 0 Å². The maximum atomic E-state index is 5.60. The zero-order chi connectivity index (χ0) is 27.7. The van der Waals surface area contributed by atoms with E-state index in [0.717, 1.165) is 28.1 Å². The van der Waals surface area contributed by atoms with Crippen molar-refractivity contribution in [1.82, 2.24) is 0 Å². The molecule has 0 radical (unpaired) electrons. The summed E-state index contributed by atoms with van der Waals surface area (Å²) in [6.07, 6.45) is 0. The average Bonchev–Trinajstić information content (AvgIpc) is 3.65. The number of methoxy groups -OCH3 is 2. The third-order valence-electron chi connectivity index (χ3n) is 9.62. The van der Waals surface area contributed by atoms with Gasteiger partial charge in [0.15, 0.2) is 0 Å². The largest absolute Gasteiger partial charge is 0.497 e. The molecule has 0 aliphatic carbocycles. The summed E-state index contributed by atoms with van der Waals surface area (Å²) in [4.78, 5) is 0.644. The van der Waals surface area contributed by atoms with Crippen molar-refractivity contribution < 1.29 is 9.47 Å². The van der Waals surface area contributed by atoms with Crippen molar-refractivity contribution >= 4 is 23.8 Å². The van der Waals surface area contributed by atoms with Crippen molar-refractivity contribution in [3.05, 3.63) is 59.7 Å². The zero-order valence-electron chi connectivity index (χ0n) is 24.9. The van der Waals surface area contributed by atoms with E-state index in [1.54, 1.807) is 19.8 Å². The number of hydrogen-bond donors (Lipinski definition) is 0. The number of rotatable bonds is 3. The van der Waals surface area contributed by atoms with Crippen LogP contribution in [0.25, 0.3) is 0 Å². The molecule has 6 rings (SSSR count). The van der Waals surface area contributed by atoms with Gasteiger partial charge in [-0.05, 0) is 66.1 Å². The van der Waals surface area contributed by atoms with E-state index in [9.17, 15) is 0 Å². The second-order valence-electron chi connectivity index (χ2n) is 14.6. The Bertz CT molecular complexity index is 1330. The lowest BCUT2D eigenvalue weighted by Crippen LogP contribution is -2.39. The van der Waals surface area contributed by atoms with Gasteiger partial charge in [0.25, 0.3) is 0 Å². The molecule has 0 bridgehead atoms. The Labute approximate surface area is 234 Å². The number of ether oxygens (including phenoxy) is 2. The Morgan fingerprint density at radius 1 is 0.737 bits per heavy atom. The maximum absolute atomic E-state index is 5.60. The Balaban J connectivity index is 1.61. The molecule has 4 aliphatic rings. The molecule has 0 spiro atoms. The summed E-state index contributed by atoms with van der Waals surface area (Å²) in [5.41, 5.74) is 8.40. The van der Waals surface area contributed by atoms with Crippen molar-refractivity contribution in [2.24, 2.45) is 16.2 Å². The first-order chi connectivity index (χ1) is 17.7. The van der Waals surface area contributed by atoms with E-state index in [2.05, 4.69) is 110 Å². The van der Waals surface area contributed by atoms with Crippen LogP contribution in [0.15, 0.2) is 48.5 Å². The van der Waals surface area contributed by atoms with Crippen molar-refractivity contribution in [3.8, 4) is 23.1 Å². The average molecular weight is 565 g/mol. The minimum atomic E-state index is -0.512. The van der Waals surface area contributed by atoms with Crippen LogP contribution in [0, 0.1) is 27.8 Å². The van der Waals surface area contributed by atoms with Gasteiger partial charge in [-0.15, -0.1) is 0 Å². The summed E-state index contributed by atoms with van der Waals surface area (Å²) >= 11 is 0. The summed E-state index contributed by atoms with van der Waals surface area (Å²) in [5, 5.41) is 1.14. The molecular weight excluding hydrogens is 521 g/mol. The molecule has 4 heterocycles. The first-order valence-electron chi connectivity index (χ1n) is 13.8. The van der Waals surface area contributed by atoms with Crippen molar-refractivity contribution in [1.29, 1.82) is 0 Å². The van der Waals surface area contributed by atoms with E-state index in [1.807, 2.05) is 12.1 Å². The highest BCUT2D eigenvalue weighted by molar-refractivity contribution is 8.09. The maximum Gasteiger partial charge on any atom is 0.118 e. The standard InChI is InChI=1S/C33H43O2P3/c1-28(2,3)27-37-26-31(23-14-18-25(35-11)19-15-23)33(38(27)31,30(7,8)9)36(32(26,37)29(4,5)6)21-20-22-12-16-24(34-10)17-13-22/h12-19,26-27H,1-11H3/t26-,27+,31+,32-,33-,36?,37?,38?/m1/s1. The summed E-state index contributed by atoms with van der Waals surface area (Å²) < 4.78 is 11.0. The van der Waals surface area contributed by atoms with Crippen LogP contribution in [0.5, 0.6) is 11.5 Å². The van der Waals surface area contributed by atoms with Crippen LogP contribution in [0.3, 0.4) is 0 Å². The fraction of sp³-hybridized carbons (Fsp3) is 0.576. The zero-order valence-corrected chi connectivity index (χ0v) is 27.6. The van der Waals surface area contributed by atoms with E-state index in [0.29, 0.717) is 15.5 Å². The minimum absolute atomic E-state index is 0.0931. The van der Waals surface area contributed by atoms with Gasteiger partial charge in [-0.2, -0.15) is 0 Å². The Hall–Kier alpha value is -1.11. The van der Waals surface area contributed by atoms with E-state index >= 15 is 0 Å². The van der Waals surface area contributed by atoms with Gasteiger partial charge in [0.1, 0.15) is 11.5 Å². The lowest BCUT2D eigenvalue weighted by atomic mass is 9.76. The second-order valence-corrected chi connectivity index (χ2v) is 23.2. The number of hydrogen-bond acceptors (Lipinski definition) is 2. The van der Waals surface area contributed by atoms with Crippen LogP contribution < -0.4 is 9.47 Å². The minimum Gasteiger partial charge on any atom is -0.497 e. The first-order valence-corrected chi connectivity index (χ1v) is 18.1. The van der Waals surface area contributed by atoms with E-state index in [1.165, 1.54) is 0 Å². The lowest BCUT2D eigenvalue weighted by molar-refractivity contribution is 0.349. The van der Waals surface area contributed by atoms with Crippen LogP contribution in [0.2, 0.25) is 0 Å². The van der Waals surface area contributed by atoms with E-state index in [4.69, 9.17) is 9.47 Å². The van der Waals surface area contributed by atoms with Gasteiger partial charge in [0.2, 0.25) is 0 Å². The third-order valence-corrected chi connectivity index (χ3v) is 26.2. The number of fused-ring (bicyclic) bond motifs is 2. The van der Waals surface area contributed by atoms with Crippen LogP contribution in [-0.4, -0.2) is 35.1 Å². The monoisotopic (exact) mass is 564 g/mol. The van der Waals surface area contributed by atoms with Crippen LogP contribution in [0.1, 0.15) is 73.4 Å². The molecular formula is C33H43O2P3. The molecule has 2 nitrogen and oxygen atoms in total. The Kier molecular flexibility index (Phi) is 5.70. The quantitative estimate of drug-likeness (QED) is 0.273. The molecule has 3 unspecified atom stereocenters. The smallest absolute Gasteiger partial charge is 0.118 e. The molecule has 0 N–H and O–H groups in total. The molecule has 2 aromatic rings. The van der Waals surface area contributed by atoms with Crippen LogP contribution in [-0.2, 0) is 5.16 Å². The van der Waals surface area contributed by atoms with Gasteiger partial charge >= 0.3 is 0 Å². The molecule has 0 amide bonds. The van der Waals surface area contributed by atoms with Crippen LogP contribution >= 0.6 is 23.8 Å². The number of benzene rings is 2. The van der Waals surface area contributed by atoms with Gasteiger partial charge in [0.05, 0.1) is 14.2 Å². The molecule has 2 aromatic carbocycles. The molecule has 5 heteroatoms. The second kappa shape index (κ2) is 8.00. The van der Waals surface area contributed by atoms with E-state index in [-0.39, 0.29) is 31.6 Å². The summed E-state index contributed by atoms with van der Waals surface area (Å²) in [6, 6.07) is 17.7. The third kappa shape index (κ3) is 2.93. The topological polar surface area (TPSA) is 18.5 Å². The van der Waals surface area contributed by atoms with Gasteiger partial charge in [-0.3, -0.25) is 0 Å². The fourth-order valence-corrected chi connectivity index (χ4v) is 31.6. The summed E-state index contributed by atoms with van der Waals surface area (Å²) in [5.74, 6) is 5.60. The highest BCUT2D eigenvalue weighted by Crippen LogP contribution is 3.28. The molecule has 4 saturated heterocycles. The predicted octanol–water partition coefficient (Wildman–Crippen LogP) is 9.63. The highest BCUT2D eigenvalue weighted by atomic mass is 31.2. The van der Waals surface area contributed by atoms with Crippen molar-refractivity contribution in [2.45, 2.75) is 88.3 Å². The van der Waals surface area contributed by atoms with E-state index < -0.39 is 7.92 Å². The molecule has 8 atom stereocenters.